The van der Waals surface area contributed by atoms with Crippen molar-refractivity contribution in [1.82, 2.24) is 0 Å². The van der Waals surface area contributed by atoms with E-state index in [0.717, 1.165) is 17.1 Å². The summed E-state index contributed by atoms with van der Waals surface area (Å²) in [5.41, 5.74) is 3.15. The molecule has 3 aromatic rings. The van der Waals surface area contributed by atoms with E-state index in [1.807, 2.05) is 71.6 Å². The number of nitrogens with zero attached hydrogens (tertiary/aromatic N) is 1. The summed E-state index contributed by atoms with van der Waals surface area (Å²) >= 11 is 6.24. The van der Waals surface area contributed by atoms with Crippen molar-refractivity contribution in [2.75, 3.05) is 12.0 Å². The lowest BCUT2D eigenvalue weighted by molar-refractivity contribution is 0.0601. The van der Waals surface area contributed by atoms with Gasteiger partial charge in [0.15, 0.2) is 0 Å². The zero-order valence-corrected chi connectivity index (χ0v) is 13.9. The van der Waals surface area contributed by atoms with Gasteiger partial charge in [0.25, 0.3) is 0 Å². The van der Waals surface area contributed by atoms with Gasteiger partial charge in [-0.25, -0.2) is 4.79 Å². The third kappa shape index (κ3) is 3.42. The van der Waals surface area contributed by atoms with Crippen molar-refractivity contribution >= 4 is 34.6 Å². The number of para-hydroxylation sites is 2. The van der Waals surface area contributed by atoms with Crippen LogP contribution in [0, 0.1) is 0 Å². The van der Waals surface area contributed by atoms with Gasteiger partial charge in [0.1, 0.15) is 0 Å². The fraction of sp³-hybridized carbons (Fsp3) is 0.0500. The Morgan fingerprint density at radius 3 is 1.88 bits per heavy atom. The monoisotopic (exact) mass is 337 g/mol. The molecule has 3 rings (SSSR count). The van der Waals surface area contributed by atoms with Crippen molar-refractivity contribution < 1.29 is 9.53 Å². The molecule has 0 heterocycles. The van der Waals surface area contributed by atoms with Crippen LogP contribution >= 0.6 is 11.6 Å². The van der Waals surface area contributed by atoms with Gasteiger partial charge >= 0.3 is 5.97 Å². The van der Waals surface area contributed by atoms with Crippen molar-refractivity contribution in [1.29, 1.82) is 0 Å². The molecule has 3 nitrogen and oxygen atoms in total. The van der Waals surface area contributed by atoms with E-state index in [1.165, 1.54) is 7.11 Å². The number of hydrogen-bond acceptors (Lipinski definition) is 3. The summed E-state index contributed by atoms with van der Waals surface area (Å²) in [4.78, 5) is 14.0. The molecule has 0 aromatic heterocycles. The molecule has 0 spiro atoms. The van der Waals surface area contributed by atoms with E-state index in [1.54, 1.807) is 12.1 Å². The van der Waals surface area contributed by atoms with Gasteiger partial charge in [0.05, 0.1) is 12.7 Å². The first kappa shape index (κ1) is 16.1. The molecule has 0 aliphatic heterocycles. The van der Waals surface area contributed by atoms with Crippen LogP contribution in [-0.4, -0.2) is 13.1 Å². The Morgan fingerprint density at radius 1 is 0.833 bits per heavy atom. The van der Waals surface area contributed by atoms with Gasteiger partial charge in [-0.2, -0.15) is 0 Å². The average molecular weight is 338 g/mol. The predicted octanol–water partition coefficient (Wildman–Crippen LogP) is 5.60. The number of esters is 1. The maximum atomic E-state index is 11.9. The summed E-state index contributed by atoms with van der Waals surface area (Å²) in [7, 11) is 1.36. The molecule has 0 saturated heterocycles. The minimum atomic E-state index is -0.417. The number of benzene rings is 3. The van der Waals surface area contributed by atoms with E-state index in [-0.39, 0.29) is 0 Å². The smallest absolute Gasteiger partial charge is 0.337 e. The van der Waals surface area contributed by atoms with Gasteiger partial charge in [0.2, 0.25) is 0 Å². The molecule has 120 valence electrons. The number of carbonyl (C=O) groups excluding carboxylic acids is 1. The second-order valence-electron chi connectivity index (χ2n) is 5.20. The third-order valence-electron chi connectivity index (χ3n) is 3.59. The quantitative estimate of drug-likeness (QED) is 0.581. The van der Waals surface area contributed by atoms with E-state index in [0.29, 0.717) is 10.6 Å². The van der Waals surface area contributed by atoms with E-state index < -0.39 is 5.97 Å². The summed E-state index contributed by atoms with van der Waals surface area (Å²) in [6.07, 6.45) is 0. The summed E-state index contributed by atoms with van der Waals surface area (Å²) in [5.74, 6) is -0.417. The van der Waals surface area contributed by atoms with Crippen LogP contribution in [0.4, 0.5) is 17.1 Å². The molecule has 0 radical (unpaired) electrons. The minimum Gasteiger partial charge on any atom is -0.465 e. The second kappa shape index (κ2) is 7.20. The second-order valence-corrected chi connectivity index (χ2v) is 5.63. The summed E-state index contributed by atoms with van der Waals surface area (Å²) in [6.45, 7) is 0. The topological polar surface area (TPSA) is 29.5 Å². The van der Waals surface area contributed by atoms with Crippen LogP contribution in [0.25, 0.3) is 0 Å². The highest BCUT2D eigenvalue weighted by Crippen LogP contribution is 2.36. The molecule has 0 aliphatic rings. The molecule has 4 heteroatoms. The van der Waals surface area contributed by atoms with E-state index in [2.05, 4.69) is 0 Å². The van der Waals surface area contributed by atoms with E-state index in [4.69, 9.17) is 16.3 Å². The van der Waals surface area contributed by atoms with Crippen molar-refractivity contribution in [2.24, 2.45) is 0 Å². The molecular formula is C20H16ClNO2. The normalized spacial score (nSPS) is 10.2. The standard InChI is InChI=1S/C20H16ClNO2/c1-24-20(23)15-12-16(21)14-19(13-15)22(17-8-4-2-5-9-17)18-10-6-3-7-11-18/h2-14H,1H3. The summed E-state index contributed by atoms with van der Waals surface area (Å²) < 4.78 is 4.82. The van der Waals surface area contributed by atoms with Gasteiger partial charge in [-0.15, -0.1) is 0 Å². The summed E-state index contributed by atoms with van der Waals surface area (Å²) in [5, 5.41) is 0.477. The Morgan fingerprint density at radius 2 is 1.38 bits per heavy atom. The Hall–Kier alpha value is -2.78. The summed E-state index contributed by atoms with van der Waals surface area (Å²) in [6, 6.07) is 25.0. The van der Waals surface area contributed by atoms with Crippen LogP contribution in [0.2, 0.25) is 5.02 Å². The average Bonchev–Trinajstić information content (AvgIpc) is 2.62. The fourth-order valence-corrected chi connectivity index (χ4v) is 2.77. The molecule has 0 unspecified atom stereocenters. The van der Waals surface area contributed by atoms with Crippen molar-refractivity contribution in [3.05, 3.63) is 89.4 Å². The zero-order valence-electron chi connectivity index (χ0n) is 13.1. The van der Waals surface area contributed by atoms with Crippen LogP contribution in [0.3, 0.4) is 0 Å². The molecule has 3 aromatic carbocycles. The Kier molecular flexibility index (Phi) is 4.82. The molecule has 0 atom stereocenters. The van der Waals surface area contributed by atoms with Crippen molar-refractivity contribution in [3.8, 4) is 0 Å². The first-order chi connectivity index (χ1) is 11.7. The van der Waals surface area contributed by atoms with Crippen LogP contribution in [-0.2, 0) is 4.74 Å². The lowest BCUT2D eigenvalue weighted by atomic mass is 10.1. The molecule has 24 heavy (non-hydrogen) atoms. The molecule has 0 saturated carbocycles. The van der Waals surface area contributed by atoms with Crippen molar-refractivity contribution in [3.63, 3.8) is 0 Å². The largest absolute Gasteiger partial charge is 0.465 e. The Bertz CT molecular complexity index is 795. The number of rotatable bonds is 4. The van der Waals surface area contributed by atoms with Crippen LogP contribution < -0.4 is 4.90 Å². The number of carbonyl (C=O) groups is 1. The number of methoxy groups -OCH3 is 1. The maximum absolute atomic E-state index is 11.9. The maximum Gasteiger partial charge on any atom is 0.337 e. The lowest BCUT2D eigenvalue weighted by Gasteiger charge is -2.26. The van der Waals surface area contributed by atoms with Crippen LogP contribution in [0.15, 0.2) is 78.9 Å². The fourth-order valence-electron chi connectivity index (χ4n) is 2.54. The Balaban J connectivity index is 2.16. The number of ether oxygens (including phenoxy) is 1. The molecule has 0 N–H and O–H groups in total. The molecule has 0 fully saturated rings. The first-order valence-electron chi connectivity index (χ1n) is 7.48. The SMILES string of the molecule is COC(=O)c1cc(Cl)cc(N(c2ccccc2)c2ccccc2)c1. The third-order valence-corrected chi connectivity index (χ3v) is 3.81. The molecular weight excluding hydrogens is 322 g/mol. The number of anilines is 3. The van der Waals surface area contributed by atoms with Gasteiger partial charge in [-0.05, 0) is 42.5 Å². The van der Waals surface area contributed by atoms with Gasteiger partial charge in [0, 0.05) is 22.1 Å². The van der Waals surface area contributed by atoms with Crippen LogP contribution in [0.1, 0.15) is 10.4 Å². The predicted molar refractivity (Wildman–Crippen MR) is 97.5 cm³/mol. The van der Waals surface area contributed by atoms with E-state index in [9.17, 15) is 4.79 Å². The molecule has 0 aliphatic carbocycles. The van der Waals surface area contributed by atoms with Crippen LogP contribution in [0.5, 0.6) is 0 Å². The number of halogens is 1. The van der Waals surface area contributed by atoms with E-state index >= 15 is 0 Å². The lowest BCUT2D eigenvalue weighted by Crippen LogP contribution is -2.11. The van der Waals surface area contributed by atoms with Gasteiger partial charge in [-0.1, -0.05) is 48.0 Å². The first-order valence-corrected chi connectivity index (χ1v) is 7.86. The highest BCUT2D eigenvalue weighted by molar-refractivity contribution is 6.31. The van der Waals surface area contributed by atoms with Gasteiger partial charge in [-0.3, -0.25) is 0 Å². The molecule has 0 amide bonds. The number of hydrogen-bond donors (Lipinski definition) is 0. The van der Waals surface area contributed by atoms with Gasteiger partial charge < -0.3 is 9.64 Å². The molecule has 0 bridgehead atoms. The highest BCUT2D eigenvalue weighted by atomic mass is 35.5. The highest BCUT2D eigenvalue weighted by Gasteiger charge is 2.15. The minimum absolute atomic E-state index is 0.414. The Labute approximate surface area is 146 Å². The van der Waals surface area contributed by atoms with Crippen molar-refractivity contribution in [2.45, 2.75) is 0 Å². The zero-order chi connectivity index (χ0) is 16.9.